The molecule has 0 heterocycles. The fourth-order valence-electron chi connectivity index (χ4n) is 1.51. The summed E-state index contributed by atoms with van der Waals surface area (Å²) in [6.45, 7) is 7.69. The molecule has 0 N–H and O–H groups in total. The zero-order valence-electron chi connectivity index (χ0n) is 10.4. The van der Waals surface area contributed by atoms with Crippen LogP contribution < -0.4 is 9.64 Å². The molecule has 1 aromatic rings. The maximum absolute atomic E-state index is 10.4. The van der Waals surface area contributed by atoms with Gasteiger partial charge in [0.2, 0.25) is 0 Å². The number of nitrogens with zero attached hydrogens (tertiary/aromatic N) is 1. The van der Waals surface area contributed by atoms with Crippen molar-refractivity contribution in [2.45, 2.75) is 26.7 Å². The molecule has 0 aromatic heterocycles. The molecular formula is C13H19NO2. The Morgan fingerprint density at radius 2 is 2.12 bits per heavy atom. The fourth-order valence-corrected chi connectivity index (χ4v) is 1.51. The van der Waals surface area contributed by atoms with E-state index in [1.807, 2.05) is 19.2 Å². The number of rotatable bonds is 5. The number of carbonyl (C=O) groups is 1. The predicted octanol–water partition coefficient (Wildman–Crippen LogP) is 2.80. The minimum Gasteiger partial charge on any atom is -0.427 e. The number of anilines is 1. The minimum absolute atomic E-state index is 0.467. The quantitative estimate of drug-likeness (QED) is 0.716. The summed E-state index contributed by atoms with van der Waals surface area (Å²) in [6, 6.07) is 5.93. The van der Waals surface area contributed by atoms with Crippen LogP contribution in [0.2, 0.25) is 0 Å². The van der Waals surface area contributed by atoms with Crippen molar-refractivity contribution in [3.63, 3.8) is 0 Å². The summed E-state index contributed by atoms with van der Waals surface area (Å²) in [5, 5.41) is 0. The summed E-state index contributed by atoms with van der Waals surface area (Å²) in [5.74, 6) is 1.08. The molecule has 0 amide bonds. The van der Waals surface area contributed by atoms with Gasteiger partial charge in [-0.25, -0.2) is 0 Å². The summed E-state index contributed by atoms with van der Waals surface area (Å²) in [5.41, 5.74) is 2.20. The van der Waals surface area contributed by atoms with E-state index in [0.717, 1.165) is 12.2 Å². The molecule has 3 nitrogen and oxygen atoms in total. The van der Waals surface area contributed by atoms with Gasteiger partial charge in [0.1, 0.15) is 0 Å². The molecule has 0 aliphatic carbocycles. The molecule has 0 saturated heterocycles. The Balaban J connectivity index is 3.15. The van der Waals surface area contributed by atoms with Gasteiger partial charge in [-0.2, -0.15) is 0 Å². The predicted molar refractivity (Wildman–Crippen MR) is 66.2 cm³/mol. The summed E-state index contributed by atoms with van der Waals surface area (Å²) < 4.78 is 4.97. The van der Waals surface area contributed by atoms with Crippen LogP contribution in [-0.4, -0.2) is 20.1 Å². The highest BCUT2D eigenvalue weighted by molar-refractivity contribution is 5.63. The van der Waals surface area contributed by atoms with Crippen molar-refractivity contribution >= 4 is 12.2 Å². The van der Waals surface area contributed by atoms with E-state index < -0.39 is 0 Å². The van der Waals surface area contributed by atoms with Crippen LogP contribution in [0.25, 0.3) is 0 Å². The summed E-state index contributed by atoms with van der Waals surface area (Å²) >= 11 is 0. The van der Waals surface area contributed by atoms with Gasteiger partial charge in [0.15, 0.2) is 5.75 Å². The lowest BCUT2D eigenvalue weighted by atomic mass is 10.0. The van der Waals surface area contributed by atoms with Crippen LogP contribution in [-0.2, 0) is 4.79 Å². The first kappa shape index (κ1) is 12.6. The Labute approximate surface area is 97.0 Å². The first-order valence-electron chi connectivity index (χ1n) is 5.55. The van der Waals surface area contributed by atoms with E-state index in [2.05, 4.69) is 31.7 Å². The van der Waals surface area contributed by atoms with E-state index in [1.54, 1.807) is 0 Å². The molecule has 0 radical (unpaired) electrons. The van der Waals surface area contributed by atoms with E-state index in [-0.39, 0.29) is 0 Å². The van der Waals surface area contributed by atoms with Crippen LogP contribution in [0.15, 0.2) is 18.2 Å². The normalized spacial score (nSPS) is 10.3. The van der Waals surface area contributed by atoms with Gasteiger partial charge in [0, 0.05) is 13.6 Å². The molecule has 0 saturated carbocycles. The maximum atomic E-state index is 10.4. The highest BCUT2D eigenvalue weighted by Crippen LogP contribution is 2.30. The number of benzene rings is 1. The largest absolute Gasteiger partial charge is 0.427 e. The van der Waals surface area contributed by atoms with Crippen LogP contribution in [0.4, 0.5) is 5.69 Å². The molecule has 1 aromatic carbocycles. The van der Waals surface area contributed by atoms with Crippen LogP contribution >= 0.6 is 0 Å². The van der Waals surface area contributed by atoms with E-state index in [4.69, 9.17) is 4.74 Å². The molecular weight excluding hydrogens is 202 g/mol. The topological polar surface area (TPSA) is 29.5 Å². The Kier molecular flexibility index (Phi) is 4.35. The summed E-state index contributed by atoms with van der Waals surface area (Å²) in [7, 11) is 1.98. The first-order chi connectivity index (χ1) is 7.60. The molecule has 16 heavy (non-hydrogen) atoms. The molecule has 0 aliphatic heterocycles. The van der Waals surface area contributed by atoms with Gasteiger partial charge < -0.3 is 9.64 Å². The van der Waals surface area contributed by atoms with Crippen molar-refractivity contribution in [2.24, 2.45) is 0 Å². The molecule has 3 heteroatoms. The SMILES string of the molecule is CCN(C)c1cc(C(C)C)ccc1OC=O. The number of ether oxygens (including phenoxy) is 1. The zero-order valence-corrected chi connectivity index (χ0v) is 10.4. The Hall–Kier alpha value is -1.51. The third-order valence-electron chi connectivity index (χ3n) is 2.71. The molecule has 0 unspecified atom stereocenters. The van der Waals surface area contributed by atoms with E-state index in [0.29, 0.717) is 18.1 Å². The van der Waals surface area contributed by atoms with Gasteiger partial charge in [0.25, 0.3) is 6.47 Å². The molecule has 0 spiro atoms. The van der Waals surface area contributed by atoms with E-state index in [9.17, 15) is 4.79 Å². The van der Waals surface area contributed by atoms with Crippen molar-refractivity contribution in [3.8, 4) is 5.75 Å². The molecule has 1 rings (SSSR count). The smallest absolute Gasteiger partial charge is 0.298 e. The van der Waals surface area contributed by atoms with Gasteiger partial charge in [-0.3, -0.25) is 4.79 Å². The van der Waals surface area contributed by atoms with Gasteiger partial charge >= 0.3 is 0 Å². The average molecular weight is 221 g/mol. The summed E-state index contributed by atoms with van der Waals surface area (Å²) in [6.07, 6.45) is 0. The van der Waals surface area contributed by atoms with Gasteiger partial charge in [-0.15, -0.1) is 0 Å². The van der Waals surface area contributed by atoms with Crippen molar-refractivity contribution < 1.29 is 9.53 Å². The monoisotopic (exact) mass is 221 g/mol. The highest BCUT2D eigenvalue weighted by atomic mass is 16.5. The number of hydrogen-bond donors (Lipinski definition) is 0. The van der Waals surface area contributed by atoms with Gasteiger partial charge in [0.05, 0.1) is 5.69 Å². The van der Waals surface area contributed by atoms with Crippen molar-refractivity contribution in [2.75, 3.05) is 18.5 Å². The number of carbonyl (C=O) groups excluding carboxylic acids is 1. The van der Waals surface area contributed by atoms with Gasteiger partial charge in [-0.1, -0.05) is 19.9 Å². The molecule has 0 bridgehead atoms. The second-order valence-electron chi connectivity index (χ2n) is 4.11. The van der Waals surface area contributed by atoms with Crippen LogP contribution in [0, 0.1) is 0 Å². The zero-order chi connectivity index (χ0) is 12.1. The third kappa shape index (κ3) is 2.75. The second-order valence-corrected chi connectivity index (χ2v) is 4.11. The number of hydrogen-bond acceptors (Lipinski definition) is 3. The van der Waals surface area contributed by atoms with Crippen LogP contribution in [0.5, 0.6) is 5.75 Å². The van der Waals surface area contributed by atoms with Gasteiger partial charge in [-0.05, 0) is 30.5 Å². The standard InChI is InChI=1S/C13H19NO2/c1-5-14(4)12-8-11(10(2)3)6-7-13(12)16-9-15/h6-10H,5H2,1-4H3. The molecule has 0 aliphatic rings. The van der Waals surface area contributed by atoms with Crippen LogP contribution in [0.1, 0.15) is 32.3 Å². The Morgan fingerprint density at radius 3 is 2.62 bits per heavy atom. The molecule has 0 fully saturated rings. The lowest BCUT2D eigenvalue weighted by molar-refractivity contribution is -0.120. The van der Waals surface area contributed by atoms with Crippen molar-refractivity contribution in [1.82, 2.24) is 0 Å². The Morgan fingerprint density at radius 1 is 1.44 bits per heavy atom. The minimum atomic E-state index is 0.467. The highest BCUT2D eigenvalue weighted by Gasteiger charge is 2.10. The van der Waals surface area contributed by atoms with Crippen molar-refractivity contribution in [1.29, 1.82) is 0 Å². The second kappa shape index (κ2) is 5.54. The van der Waals surface area contributed by atoms with E-state index in [1.165, 1.54) is 5.56 Å². The first-order valence-corrected chi connectivity index (χ1v) is 5.55. The van der Waals surface area contributed by atoms with Crippen molar-refractivity contribution in [3.05, 3.63) is 23.8 Å². The third-order valence-corrected chi connectivity index (χ3v) is 2.71. The maximum Gasteiger partial charge on any atom is 0.298 e. The van der Waals surface area contributed by atoms with Crippen LogP contribution in [0.3, 0.4) is 0 Å². The Bertz CT molecular complexity index is 361. The molecule has 88 valence electrons. The van der Waals surface area contributed by atoms with E-state index >= 15 is 0 Å². The fraction of sp³-hybridized carbons (Fsp3) is 0.462. The average Bonchev–Trinajstić information content (AvgIpc) is 2.28. The molecule has 0 atom stereocenters. The lowest BCUT2D eigenvalue weighted by Crippen LogP contribution is -2.17. The lowest BCUT2D eigenvalue weighted by Gasteiger charge is -2.21. The summed E-state index contributed by atoms with van der Waals surface area (Å²) in [4.78, 5) is 12.5.